The molecule has 0 aromatic carbocycles. The van der Waals surface area contributed by atoms with Crippen LogP contribution in [0.15, 0.2) is 16.8 Å². The fraction of sp³-hybridized carbons (Fsp3) is 0.462. The molecule has 0 atom stereocenters. The van der Waals surface area contributed by atoms with E-state index in [1.165, 1.54) is 0 Å². The lowest BCUT2D eigenvalue weighted by atomic mass is 10.2. The van der Waals surface area contributed by atoms with Crippen LogP contribution in [0.25, 0.3) is 11.1 Å². The maximum atomic E-state index is 12.4. The number of amides is 1. The highest BCUT2D eigenvalue weighted by molar-refractivity contribution is 5.97. The number of aryl methyl sites for hydroxylation is 1. The Morgan fingerprint density at radius 2 is 2.32 bits per heavy atom. The van der Waals surface area contributed by atoms with Gasteiger partial charge in [-0.15, -0.1) is 0 Å². The first-order chi connectivity index (χ1) is 9.25. The molecule has 0 spiro atoms. The molecular weight excluding hydrogens is 244 g/mol. The molecule has 0 radical (unpaired) electrons. The van der Waals surface area contributed by atoms with Crippen molar-refractivity contribution in [2.24, 2.45) is 0 Å². The first-order valence-corrected chi connectivity index (χ1v) is 6.48. The Morgan fingerprint density at radius 3 is 3.21 bits per heavy atom. The lowest BCUT2D eigenvalue weighted by molar-refractivity contribution is 0.0766. The van der Waals surface area contributed by atoms with E-state index < -0.39 is 0 Å². The normalized spacial score (nSPS) is 16.6. The van der Waals surface area contributed by atoms with Gasteiger partial charge in [0.25, 0.3) is 11.6 Å². The minimum Gasteiger partial charge on any atom is -0.337 e. The molecule has 100 valence electrons. The predicted molar refractivity (Wildman–Crippen MR) is 69.9 cm³/mol. The summed E-state index contributed by atoms with van der Waals surface area (Å²) in [5, 5.41) is 7.94. The van der Waals surface area contributed by atoms with Crippen LogP contribution < -0.4 is 5.32 Å². The van der Waals surface area contributed by atoms with Gasteiger partial charge in [-0.25, -0.2) is 4.98 Å². The van der Waals surface area contributed by atoms with Crippen molar-refractivity contribution in [1.29, 1.82) is 0 Å². The summed E-state index contributed by atoms with van der Waals surface area (Å²) >= 11 is 0. The molecule has 1 aliphatic rings. The molecule has 3 rings (SSSR count). The van der Waals surface area contributed by atoms with Crippen molar-refractivity contribution >= 4 is 17.0 Å². The zero-order valence-electron chi connectivity index (χ0n) is 10.8. The number of fused-ring (bicyclic) bond motifs is 1. The molecule has 0 aliphatic carbocycles. The molecule has 3 heterocycles. The molecule has 2 aromatic heterocycles. The molecule has 0 unspecified atom stereocenters. The highest BCUT2D eigenvalue weighted by Gasteiger charge is 2.18. The molecule has 1 saturated heterocycles. The van der Waals surface area contributed by atoms with Crippen molar-refractivity contribution in [1.82, 2.24) is 20.4 Å². The molecule has 1 amide bonds. The summed E-state index contributed by atoms with van der Waals surface area (Å²) in [7, 11) is 0. The van der Waals surface area contributed by atoms with E-state index in [4.69, 9.17) is 4.52 Å². The van der Waals surface area contributed by atoms with Gasteiger partial charge in [-0.05, 0) is 26.0 Å². The summed E-state index contributed by atoms with van der Waals surface area (Å²) in [6.07, 6.45) is 2.54. The van der Waals surface area contributed by atoms with Gasteiger partial charge in [-0.3, -0.25) is 4.79 Å². The van der Waals surface area contributed by atoms with Crippen LogP contribution in [0.2, 0.25) is 0 Å². The average Bonchev–Trinajstić information content (AvgIpc) is 2.67. The smallest absolute Gasteiger partial charge is 0.257 e. The van der Waals surface area contributed by atoms with Crippen molar-refractivity contribution < 1.29 is 9.32 Å². The fourth-order valence-corrected chi connectivity index (χ4v) is 2.29. The van der Waals surface area contributed by atoms with Gasteiger partial charge in [-0.1, -0.05) is 5.16 Å². The molecule has 1 aliphatic heterocycles. The van der Waals surface area contributed by atoms with Gasteiger partial charge in [0, 0.05) is 25.8 Å². The lowest BCUT2D eigenvalue weighted by Crippen LogP contribution is -2.34. The number of nitrogens with zero attached hydrogens (tertiary/aromatic N) is 3. The third kappa shape index (κ3) is 2.31. The van der Waals surface area contributed by atoms with Crippen LogP contribution >= 0.6 is 0 Å². The van der Waals surface area contributed by atoms with Crippen molar-refractivity contribution in [2.45, 2.75) is 13.3 Å². The molecule has 6 heteroatoms. The Balaban J connectivity index is 1.89. The first kappa shape index (κ1) is 12.1. The van der Waals surface area contributed by atoms with Crippen LogP contribution in [0.3, 0.4) is 0 Å². The second kappa shape index (κ2) is 4.97. The molecule has 2 aromatic rings. The highest BCUT2D eigenvalue weighted by Crippen LogP contribution is 2.18. The Morgan fingerprint density at radius 1 is 1.42 bits per heavy atom. The van der Waals surface area contributed by atoms with E-state index in [0.29, 0.717) is 11.3 Å². The maximum Gasteiger partial charge on any atom is 0.257 e. The fourth-order valence-electron chi connectivity index (χ4n) is 2.29. The number of hydrogen-bond donors (Lipinski definition) is 1. The second-order valence-corrected chi connectivity index (χ2v) is 4.74. The third-order valence-corrected chi connectivity index (χ3v) is 3.38. The van der Waals surface area contributed by atoms with Gasteiger partial charge in [0.2, 0.25) is 0 Å². The number of aromatic nitrogens is 2. The van der Waals surface area contributed by atoms with Crippen molar-refractivity contribution in [3.63, 3.8) is 0 Å². The summed E-state index contributed by atoms with van der Waals surface area (Å²) in [4.78, 5) is 18.5. The summed E-state index contributed by atoms with van der Waals surface area (Å²) in [6, 6.07) is 1.81. The number of carbonyl (C=O) groups excluding carboxylic acids is 1. The van der Waals surface area contributed by atoms with Crippen LogP contribution in [-0.4, -0.2) is 47.1 Å². The number of carbonyl (C=O) groups is 1. The van der Waals surface area contributed by atoms with Gasteiger partial charge in [0.1, 0.15) is 0 Å². The molecule has 1 fully saturated rings. The molecule has 19 heavy (non-hydrogen) atoms. The summed E-state index contributed by atoms with van der Waals surface area (Å²) in [6.45, 7) is 5.17. The van der Waals surface area contributed by atoms with Crippen molar-refractivity contribution in [2.75, 3.05) is 26.2 Å². The zero-order chi connectivity index (χ0) is 13.2. The SMILES string of the molecule is Cc1noc2ncc(C(=O)N3CCCNCC3)cc12. The average molecular weight is 260 g/mol. The predicted octanol–water partition coefficient (Wildman–Crippen LogP) is 0.967. The number of nitrogens with one attached hydrogen (secondary N) is 1. The molecule has 1 N–H and O–H groups in total. The van der Waals surface area contributed by atoms with E-state index >= 15 is 0 Å². The quantitative estimate of drug-likeness (QED) is 0.827. The minimum absolute atomic E-state index is 0.0266. The summed E-state index contributed by atoms with van der Waals surface area (Å²) < 4.78 is 5.05. The van der Waals surface area contributed by atoms with E-state index in [9.17, 15) is 4.79 Å². The zero-order valence-corrected chi connectivity index (χ0v) is 10.8. The van der Waals surface area contributed by atoms with Gasteiger partial charge in [0.15, 0.2) is 0 Å². The summed E-state index contributed by atoms with van der Waals surface area (Å²) in [5.74, 6) is 0.0266. The largest absolute Gasteiger partial charge is 0.337 e. The number of pyridine rings is 1. The number of rotatable bonds is 1. The van der Waals surface area contributed by atoms with E-state index in [1.807, 2.05) is 17.9 Å². The van der Waals surface area contributed by atoms with Crippen molar-refractivity contribution in [3.8, 4) is 0 Å². The first-order valence-electron chi connectivity index (χ1n) is 6.48. The monoisotopic (exact) mass is 260 g/mol. The lowest BCUT2D eigenvalue weighted by Gasteiger charge is -2.19. The van der Waals surface area contributed by atoms with Gasteiger partial charge in [-0.2, -0.15) is 0 Å². The van der Waals surface area contributed by atoms with E-state index in [1.54, 1.807) is 6.20 Å². The topological polar surface area (TPSA) is 71.3 Å². The van der Waals surface area contributed by atoms with Crippen LogP contribution in [0.5, 0.6) is 0 Å². The Bertz CT molecular complexity index is 600. The van der Waals surface area contributed by atoms with Crippen LogP contribution in [0, 0.1) is 6.92 Å². The molecule has 0 bridgehead atoms. The van der Waals surface area contributed by atoms with Crippen LogP contribution in [0.4, 0.5) is 0 Å². The Labute approximate surface area is 110 Å². The van der Waals surface area contributed by atoms with Gasteiger partial charge in [0.05, 0.1) is 16.6 Å². The molecule has 0 saturated carbocycles. The molecular formula is C13H16N4O2. The van der Waals surface area contributed by atoms with Gasteiger partial charge < -0.3 is 14.7 Å². The number of hydrogen-bond acceptors (Lipinski definition) is 5. The van der Waals surface area contributed by atoms with Crippen LogP contribution in [0.1, 0.15) is 22.5 Å². The van der Waals surface area contributed by atoms with Crippen LogP contribution in [-0.2, 0) is 0 Å². The van der Waals surface area contributed by atoms with Gasteiger partial charge >= 0.3 is 0 Å². The Kier molecular flexibility index (Phi) is 3.16. The third-order valence-electron chi connectivity index (χ3n) is 3.38. The Hall–Kier alpha value is -1.95. The summed E-state index contributed by atoms with van der Waals surface area (Å²) in [5.41, 5.74) is 1.84. The second-order valence-electron chi connectivity index (χ2n) is 4.74. The van der Waals surface area contributed by atoms with E-state index in [2.05, 4.69) is 15.5 Å². The van der Waals surface area contributed by atoms with E-state index in [-0.39, 0.29) is 5.91 Å². The highest BCUT2D eigenvalue weighted by atomic mass is 16.5. The van der Waals surface area contributed by atoms with E-state index in [0.717, 1.165) is 43.7 Å². The van der Waals surface area contributed by atoms with Crippen molar-refractivity contribution in [3.05, 3.63) is 23.5 Å². The standard InChI is InChI=1S/C13H16N4O2/c1-9-11-7-10(8-15-12(11)19-16-9)13(18)17-5-2-3-14-4-6-17/h7-8,14H,2-6H2,1H3. The molecule has 6 nitrogen and oxygen atoms in total. The minimum atomic E-state index is 0.0266. The maximum absolute atomic E-state index is 12.4.